The third-order valence-electron chi connectivity index (χ3n) is 2.12. The molecule has 1 unspecified atom stereocenters. The van der Waals surface area contributed by atoms with E-state index in [2.05, 4.69) is 10.2 Å². The molecule has 6 heteroatoms. The highest BCUT2D eigenvalue weighted by Gasteiger charge is 2.22. The summed E-state index contributed by atoms with van der Waals surface area (Å²) in [6.07, 6.45) is 3.71. The molecule has 5 nitrogen and oxygen atoms in total. The van der Waals surface area contributed by atoms with Crippen molar-refractivity contribution in [2.45, 2.75) is 32.1 Å². The number of nitrogens with zero attached hydrogens (tertiary/aromatic N) is 3. The zero-order valence-electron chi connectivity index (χ0n) is 8.64. The van der Waals surface area contributed by atoms with Crippen molar-refractivity contribution in [1.29, 1.82) is 0 Å². The van der Waals surface area contributed by atoms with Crippen molar-refractivity contribution in [3.8, 4) is 0 Å². The minimum absolute atomic E-state index is 0.523. The largest absolute Gasteiger partial charge is 0.317 e. The van der Waals surface area contributed by atoms with Crippen molar-refractivity contribution < 1.29 is 8.42 Å². The zero-order valence-corrected chi connectivity index (χ0v) is 9.45. The van der Waals surface area contributed by atoms with Gasteiger partial charge >= 0.3 is 0 Å². The van der Waals surface area contributed by atoms with Crippen LogP contribution in [0.3, 0.4) is 0 Å². The molecule has 1 aromatic heterocycles. The molecule has 14 heavy (non-hydrogen) atoms. The van der Waals surface area contributed by atoms with Crippen molar-refractivity contribution in [3.63, 3.8) is 0 Å². The van der Waals surface area contributed by atoms with Crippen LogP contribution in [-0.4, -0.2) is 29.4 Å². The average molecular weight is 217 g/mol. The highest BCUT2D eigenvalue weighted by Crippen LogP contribution is 2.18. The molecule has 80 valence electrons. The summed E-state index contributed by atoms with van der Waals surface area (Å²) in [6.45, 7) is 4.41. The lowest BCUT2D eigenvalue weighted by Gasteiger charge is -2.10. The Morgan fingerprint density at radius 2 is 2.21 bits per heavy atom. The number of hydrogen-bond acceptors (Lipinski definition) is 4. The summed E-state index contributed by atoms with van der Waals surface area (Å²) in [7, 11) is -3.09. The summed E-state index contributed by atoms with van der Waals surface area (Å²) in [5, 5.41) is 6.97. The summed E-state index contributed by atoms with van der Waals surface area (Å²) in [4.78, 5) is 0. The topological polar surface area (TPSA) is 64.8 Å². The second kappa shape index (κ2) is 4.08. The highest BCUT2D eigenvalue weighted by molar-refractivity contribution is 7.90. The van der Waals surface area contributed by atoms with E-state index in [0.717, 1.165) is 13.0 Å². The maximum Gasteiger partial charge on any atom is 0.157 e. The smallest absolute Gasteiger partial charge is 0.157 e. The Balaban J connectivity index is 3.01. The van der Waals surface area contributed by atoms with Gasteiger partial charge in [-0.25, -0.2) is 8.42 Å². The minimum atomic E-state index is -3.09. The molecule has 0 fully saturated rings. The van der Waals surface area contributed by atoms with Gasteiger partial charge in [0.05, 0.1) is 0 Å². The van der Waals surface area contributed by atoms with E-state index in [1.807, 2.05) is 6.92 Å². The molecule has 1 atom stereocenters. The lowest BCUT2D eigenvalue weighted by atomic mass is 10.4. The van der Waals surface area contributed by atoms with E-state index < -0.39 is 15.1 Å². The van der Waals surface area contributed by atoms with E-state index >= 15 is 0 Å². The first-order valence-corrected chi connectivity index (χ1v) is 6.48. The molecule has 1 rings (SSSR count). The first-order chi connectivity index (χ1) is 6.46. The van der Waals surface area contributed by atoms with Crippen LogP contribution in [0.5, 0.6) is 0 Å². The molecule has 0 N–H and O–H groups in total. The summed E-state index contributed by atoms with van der Waals surface area (Å²) in [5.41, 5.74) is 0. The monoisotopic (exact) mass is 217 g/mol. The number of sulfone groups is 1. The van der Waals surface area contributed by atoms with E-state index in [0.29, 0.717) is 5.82 Å². The van der Waals surface area contributed by atoms with Gasteiger partial charge in [0.2, 0.25) is 0 Å². The van der Waals surface area contributed by atoms with Gasteiger partial charge in [-0.3, -0.25) is 0 Å². The van der Waals surface area contributed by atoms with Gasteiger partial charge in [-0.2, -0.15) is 0 Å². The van der Waals surface area contributed by atoms with Gasteiger partial charge in [-0.1, -0.05) is 6.92 Å². The van der Waals surface area contributed by atoms with Gasteiger partial charge in [0.25, 0.3) is 0 Å². The predicted molar refractivity (Wildman–Crippen MR) is 53.6 cm³/mol. The third kappa shape index (κ3) is 2.31. The Morgan fingerprint density at radius 1 is 1.57 bits per heavy atom. The van der Waals surface area contributed by atoms with E-state index in [-0.39, 0.29) is 0 Å². The Labute approximate surface area is 84.1 Å². The van der Waals surface area contributed by atoms with Gasteiger partial charge in [0.1, 0.15) is 11.6 Å². The van der Waals surface area contributed by atoms with Crippen LogP contribution in [0.2, 0.25) is 0 Å². The third-order valence-corrected chi connectivity index (χ3v) is 3.61. The molecule has 0 bridgehead atoms. The predicted octanol–water partition coefficient (Wildman–Crippen LogP) is 0.794. The molecular weight excluding hydrogens is 202 g/mol. The van der Waals surface area contributed by atoms with Gasteiger partial charge in [0.15, 0.2) is 15.7 Å². The Hall–Kier alpha value is -0.910. The van der Waals surface area contributed by atoms with Crippen LogP contribution in [0, 0.1) is 0 Å². The van der Waals surface area contributed by atoms with Crippen LogP contribution in [0.15, 0.2) is 6.33 Å². The van der Waals surface area contributed by atoms with Crippen LogP contribution in [0.1, 0.15) is 31.3 Å². The Bertz CT molecular complexity index is 396. The summed E-state index contributed by atoms with van der Waals surface area (Å²) >= 11 is 0. The maximum atomic E-state index is 11.3. The summed E-state index contributed by atoms with van der Waals surface area (Å²) in [6, 6.07) is 0. The molecule has 0 saturated heterocycles. The number of hydrogen-bond donors (Lipinski definition) is 0. The number of aryl methyl sites for hydroxylation is 1. The molecule has 1 aromatic rings. The summed E-state index contributed by atoms with van der Waals surface area (Å²) < 4.78 is 24.4. The first-order valence-electron chi connectivity index (χ1n) is 4.53. The standard InChI is InChI=1S/C8H15N3O2S/c1-4-5-11-6-9-10-8(11)7(2)14(3,12)13/h6-7H,4-5H2,1-3H3. The molecule has 1 heterocycles. The normalized spacial score (nSPS) is 14.2. The lowest BCUT2D eigenvalue weighted by molar-refractivity contribution is 0.577. The quantitative estimate of drug-likeness (QED) is 0.748. The highest BCUT2D eigenvalue weighted by atomic mass is 32.2. The second-order valence-electron chi connectivity index (χ2n) is 3.35. The van der Waals surface area contributed by atoms with E-state index in [9.17, 15) is 8.42 Å². The molecule has 0 spiro atoms. The fraction of sp³-hybridized carbons (Fsp3) is 0.750. The van der Waals surface area contributed by atoms with Gasteiger partial charge < -0.3 is 4.57 Å². The van der Waals surface area contributed by atoms with E-state index in [4.69, 9.17) is 0 Å². The first kappa shape index (κ1) is 11.2. The van der Waals surface area contributed by atoms with Crippen molar-refractivity contribution in [1.82, 2.24) is 14.8 Å². The average Bonchev–Trinajstić information content (AvgIpc) is 2.50. The molecule has 0 aliphatic carbocycles. The van der Waals surface area contributed by atoms with Crippen molar-refractivity contribution in [2.24, 2.45) is 0 Å². The van der Waals surface area contributed by atoms with Crippen LogP contribution in [0.4, 0.5) is 0 Å². The molecule has 0 saturated carbocycles. The molecule has 0 amide bonds. The number of aromatic nitrogens is 3. The van der Waals surface area contributed by atoms with Gasteiger partial charge in [0, 0.05) is 12.8 Å². The van der Waals surface area contributed by atoms with Crippen molar-refractivity contribution in [2.75, 3.05) is 6.26 Å². The maximum absolute atomic E-state index is 11.3. The van der Waals surface area contributed by atoms with Crippen molar-refractivity contribution in [3.05, 3.63) is 12.2 Å². The number of rotatable bonds is 4. The second-order valence-corrected chi connectivity index (χ2v) is 5.72. The Kier molecular flexibility index (Phi) is 3.25. The van der Waals surface area contributed by atoms with Crippen LogP contribution < -0.4 is 0 Å². The van der Waals surface area contributed by atoms with E-state index in [1.165, 1.54) is 6.26 Å². The molecular formula is C8H15N3O2S. The van der Waals surface area contributed by atoms with Crippen LogP contribution in [0.25, 0.3) is 0 Å². The Morgan fingerprint density at radius 3 is 2.71 bits per heavy atom. The van der Waals surface area contributed by atoms with Crippen LogP contribution >= 0.6 is 0 Å². The van der Waals surface area contributed by atoms with Gasteiger partial charge in [-0.15, -0.1) is 10.2 Å². The fourth-order valence-corrected chi connectivity index (χ4v) is 1.75. The van der Waals surface area contributed by atoms with Gasteiger partial charge in [-0.05, 0) is 13.3 Å². The van der Waals surface area contributed by atoms with E-state index in [1.54, 1.807) is 17.8 Å². The molecule has 0 aliphatic heterocycles. The molecule has 0 aromatic carbocycles. The summed E-state index contributed by atoms with van der Waals surface area (Å²) in [5.74, 6) is 0.523. The van der Waals surface area contributed by atoms with Crippen LogP contribution in [-0.2, 0) is 16.4 Å². The molecule has 0 aliphatic rings. The minimum Gasteiger partial charge on any atom is -0.317 e. The zero-order chi connectivity index (χ0) is 10.8. The fourth-order valence-electron chi connectivity index (χ4n) is 1.18. The SMILES string of the molecule is CCCn1cnnc1C(C)S(C)(=O)=O. The molecule has 0 radical (unpaired) electrons. The van der Waals surface area contributed by atoms with Crippen molar-refractivity contribution >= 4 is 9.84 Å². The lowest BCUT2D eigenvalue weighted by Crippen LogP contribution is -2.14.